The number of nitrogens with zero attached hydrogens (tertiary/aromatic N) is 1. The number of carbonyl (C=O) groups excluding carboxylic acids is 2. The van der Waals surface area contributed by atoms with Crippen molar-refractivity contribution in [1.29, 1.82) is 0 Å². The number of esters is 2. The zero-order valence-corrected chi connectivity index (χ0v) is 16.5. The van der Waals surface area contributed by atoms with Gasteiger partial charge in [-0.1, -0.05) is 18.2 Å². The van der Waals surface area contributed by atoms with Crippen LogP contribution in [0.15, 0.2) is 40.4 Å². The molecular formula is C20H23NO5S. The Balaban J connectivity index is 1.89. The summed E-state index contributed by atoms with van der Waals surface area (Å²) in [6, 6.07) is 8.14. The Hall–Kier alpha value is -1.99. The molecule has 2 unspecified atom stereocenters. The molecule has 0 bridgehead atoms. The standard InChI is InChI=1S/C20H23NO5S/c1-24-11-12-7-6-10-21(12)17-15-13-8-4-5-9-14(13)27-20(15,19(23)26-3)16(17)18(22)25-2/h4-5,8-9,12,15H,6-7,10-11H2,1-3H3/t12-,15?,20?/m1/s1. The fourth-order valence-electron chi connectivity index (χ4n) is 4.65. The smallest absolute Gasteiger partial charge is 0.337 e. The number of benzene rings is 1. The summed E-state index contributed by atoms with van der Waals surface area (Å²) in [4.78, 5) is 29.0. The third-order valence-electron chi connectivity index (χ3n) is 5.73. The maximum atomic E-state index is 12.9. The number of allylic oxidation sites excluding steroid dienone is 1. The molecule has 1 aromatic carbocycles. The zero-order chi connectivity index (χ0) is 19.2. The van der Waals surface area contributed by atoms with Crippen LogP contribution < -0.4 is 0 Å². The van der Waals surface area contributed by atoms with Gasteiger partial charge in [-0.2, -0.15) is 0 Å². The van der Waals surface area contributed by atoms with Gasteiger partial charge in [-0.15, -0.1) is 11.8 Å². The first-order valence-electron chi connectivity index (χ1n) is 9.05. The molecule has 0 amide bonds. The lowest BCUT2D eigenvalue weighted by molar-refractivity contribution is -0.147. The van der Waals surface area contributed by atoms with Gasteiger partial charge in [-0.05, 0) is 24.5 Å². The molecule has 7 heteroatoms. The molecule has 0 radical (unpaired) electrons. The predicted octanol–water partition coefficient (Wildman–Crippen LogP) is 2.34. The van der Waals surface area contributed by atoms with Crippen molar-refractivity contribution < 1.29 is 23.8 Å². The largest absolute Gasteiger partial charge is 0.468 e. The molecule has 3 aliphatic rings. The molecule has 27 heavy (non-hydrogen) atoms. The highest BCUT2D eigenvalue weighted by molar-refractivity contribution is 8.02. The normalized spacial score (nSPS) is 28.5. The number of thioether (sulfide) groups is 1. The van der Waals surface area contributed by atoms with Crippen molar-refractivity contribution in [3.05, 3.63) is 41.1 Å². The molecule has 1 aromatic rings. The lowest BCUT2D eigenvalue weighted by atomic mass is 9.66. The second-order valence-electron chi connectivity index (χ2n) is 7.00. The van der Waals surface area contributed by atoms with Crippen molar-refractivity contribution in [2.24, 2.45) is 0 Å². The molecule has 0 N–H and O–H groups in total. The second kappa shape index (κ2) is 6.87. The highest BCUT2D eigenvalue weighted by Crippen LogP contribution is 2.68. The molecule has 2 aliphatic heterocycles. The van der Waals surface area contributed by atoms with Crippen molar-refractivity contribution in [2.75, 3.05) is 34.5 Å². The Bertz CT molecular complexity index is 822. The van der Waals surface area contributed by atoms with Gasteiger partial charge in [0.15, 0.2) is 4.75 Å². The van der Waals surface area contributed by atoms with Gasteiger partial charge in [0.05, 0.1) is 38.4 Å². The summed E-state index contributed by atoms with van der Waals surface area (Å²) in [5.41, 5.74) is 2.38. The molecule has 0 aromatic heterocycles. The van der Waals surface area contributed by atoms with Gasteiger partial charge < -0.3 is 19.1 Å². The van der Waals surface area contributed by atoms with E-state index in [0.29, 0.717) is 12.2 Å². The highest BCUT2D eigenvalue weighted by Gasteiger charge is 2.69. The number of likely N-dealkylation sites (tertiary alicyclic amines) is 1. The van der Waals surface area contributed by atoms with Crippen LogP contribution in [0, 0.1) is 0 Å². The molecular weight excluding hydrogens is 366 g/mol. The summed E-state index contributed by atoms with van der Waals surface area (Å²) >= 11 is 1.40. The van der Waals surface area contributed by atoms with Gasteiger partial charge in [0.25, 0.3) is 0 Å². The number of carbonyl (C=O) groups is 2. The van der Waals surface area contributed by atoms with E-state index in [9.17, 15) is 9.59 Å². The Morgan fingerprint density at radius 1 is 1.22 bits per heavy atom. The summed E-state index contributed by atoms with van der Waals surface area (Å²) < 4.78 is 14.6. The van der Waals surface area contributed by atoms with Gasteiger partial charge in [-0.3, -0.25) is 4.79 Å². The third kappa shape index (κ3) is 2.44. The number of rotatable bonds is 5. The molecule has 1 saturated heterocycles. The number of hydrogen-bond donors (Lipinski definition) is 0. The highest BCUT2D eigenvalue weighted by atomic mass is 32.2. The molecule has 6 nitrogen and oxygen atoms in total. The van der Waals surface area contributed by atoms with E-state index in [1.165, 1.54) is 26.0 Å². The van der Waals surface area contributed by atoms with Crippen LogP contribution in [0.4, 0.5) is 0 Å². The molecule has 144 valence electrons. The van der Waals surface area contributed by atoms with Crippen LogP contribution in [-0.4, -0.2) is 62.1 Å². The number of fused-ring (bicyclic) bond motifs is 3. The summed E-state index contributed by atoms with van der Waals surface area (Å²) in [7, 11) is 4.41. The quantitative estimate of drug-likeness (QED) is 0.716. The maximum absolute atomic E-state index is 12.9. The average molecular weight is 389 g/mol. The zero-order valence-electron chi connectivity index (χ0n) is 15.7. The number of ether oxygens (including phenoxy) is 3. The first-order valence-corrected chi connectivity index (χ1v) is 9.86. The SMILES string of the molecule is COC[C@H]1CCCN1C1=C(C(=O)OC)C2(C(=O)OC)Sc3ccccc3C12. The summed E-state index contributed by atoms with van der Waals surface area (Å²) in [6.07, 6.45) is 2.03. The van der Waals surface area contributed by atoms with Gasteiger partial charge in [0.1, 0.15) is 0 Å². The molecule has 4 rings (SSSR count). The number of hydrogen-bond acceptors (Lipinski definition) is 7. The minimum atomic E-state index is -1.07. The van der Waals surface area contributed by atoms with Gasteiger partial charge in [-0.25, -0.2) is 4.79 Å². The molecule has 3 atom stereocenters. The topological polar surface area (TPSA) is 65.1 Å². The van der Waals surface area contributed by atoms with E-state index in [1.807, 2.05) is 24.3 Å². The van der Waals surface area contributed by atoms with E-state index >= 15 is 0 Å². The lowest BCUT2D eigenvalue weighted by Crippen LogP contribution is -2.57. The maximum Gasteiger partial charge on any atom is 0.337 e. The van der Waals surface area contributed by atoms with Crippen molar-refractivity contribution in [3.63, 3.8) is 0 Å². The fourth-order valence-corrected chi connectivity index (χ4v) is 6.27. The van der Waals surface area contributed by atoms with E-state index in [1.54, 1.807) is 7.11 Å². The Labute approximate surface area is 162 Å². The molecule has 1 fully saturated rings. The first-order chi connectivity index (χ1) is 13.1. The third-order valence-corrected chi connectivity index (χ3v) is 7.25. The lowest BCUT2D eigenvalue weighted by Gasteiger charge is -2.49. The Morgan fingerprint density at radius 2 is 2.00 bits per heavy atom. The van der Waals surface area contributed by atoms with Crippen molar-refractivity contribution in [1.82, 2.24) is 4.90 Å². The fraction of sp³-hybridized carbons (Fsp3) is 0.500. The van der Waals surface area contributed by atoms with E-state index in [4.69, 9.17) is 14.2 Å². The number of methoxy groups -OCH3 is 3. The van der Waals surface area contributed by atoms with E-state index in [-0.39, 0.29) is 12.0 Å². The second-order valence-corrected chi connectivity index (χ2v) is 8.28. The van der Waals surface area contributed by atoms with Crippen LogP contribution in [0.3, 0.4) is 0 Å². The Kier molecular flexibility index (Phi) is 4.68. The van der Waals surface area contributed by atoms with Crippen LogP contribution in [0.25, 0.3) is 0 Å². The predicted molar refractivity (Wildman–Crippen MR) is 100 cm³/mol. The van der Waals surface area contributed by atoms with Crippen LogP contribution in [-0.2, 0) is 23.8 Å². The van der Waals surface area contributed by atoms with Gasteiger partial charge in [0.2, 0.25) is 0 Å². The summed E-state index contributed by atoms with van der Waals surface area (Å²) in [5, 5.41) is 0. The minimum absolute atomic E-state index is 0.193. The molecule has 0 spiro atoms. The summed E-state index contributed by atoms with van der Waals surface area (Å²) in [5.74, 6) is -1.08. The molecule has 2 heterocycles. The van der Waals surface area contributed by atoms with Crippen LogP contribution in [0.1, 0.15) is 24.3 Å². The average Bonchev–Trinajstić information content (AvgIpc) is 3.23. The van der Waals surface area contributed by atoms with Crippen molar-refractivity contribution >= 4 is 23.7 Å². The van der Waals surface area contributed by atoms with E-state index < -0.39 is 16.7 Å². The monoisotopic (exact) mass is 389 g/mol. The van der Waals surface area contributed by atoms with Crippen molar-refractivity contribution in [2.45, 2.75) is 34.4 Å². The Morgan fingerprint density at radius 3 is 2.70 bits per heavy atom. The van der Waals surface area contributed by atoms with E-state index in [0.717, 1.165) is 35.5 Å². The summed E-state index contributed by atoms with van der Waals surface area (Å²) in [6.45, 7) is 1.43. The van der Waals surface area contributed by atoms with Gasteiger partial charge in [0, 0.05) is 24.2 Å². The van der Waals surface area contributed by atoms with Crippen molar-refractivity contribution in [3.8, 4) is 0 Å². The van der Waals surface area contributed by atoms with Crippen LogP contribution >= 0.6 is 11.8 Å². The van der Waals surface area contributed by atoms with Crippen LogP contribution in [0.5, 0.6) is 0 Å². The molecule has 0 saturated carbocycles. The van der Waals surface area contributed by atoms with Crippen LogP contribution in [0.2, 0.25) is 0 Å². The van der Waals surface area contributed by atoms with E-state index in [2.05, 4.69) is 4.90 Å². The van der Waals surface area contributed by atoms with Gasteiger partial charge >= 0.3 is 11.9 Å². The minimum Gasteiger partial charge on any atom is -0.468 e. The molecule has 1 aliphatic carbocycles. The first kappa shape index (κ1) is 18.4.